The van der Waals surface area contributed by atoms with E-state index in [2.05, 4.69) is 20.4 Å². The lowest BCUT2D eigenvalue weighted by Gasteiger charge is -2.34. The summed E-state index contributed by atoms with van der Waals surface area (Å²) in [5.74, 6) is 0.501. The largest absolute Gasteiger partial charge is 0.488 e. The molecule has 0 spiro atoms. The molecule has 4 rings (SSSR count). The molecule has 0 radical (unpaired) electrons. The van der Waals surface area contributed by atoms with E-state index in [1.54, 1.807) is 50.9 Å². The van der Waals surface area contributed by atoms with Crippen molar-refractivity contribution in [2.75, 3.05) is 36.8 Å². The summed E-state index contributed by atoms with van der Waals surface area (Å²) < 4.78 is 45.4. The van der Waals surface area contributed by atoms with Crippen molar-refractivity contribution in [2.45, 2.75) is 65.0 Å². The number of aliphatic hydroxyl groups is 1. The number of hydrogen-bond donors (Lipinski definition) is 3. The molecular weight excluding hydrogens is 580 g/mol. The van der Waals surface area contributed by atoms with Gasteiger partial charge in [-0.25, -0.2) is 13.2 Å². The molecule has 15 heteroatoms. The molecule has 14 nitrogen and oxygen atoms in total. The highest BCUT2D eigenvalue weighted by molar-refractivity contribution is 7.92. The van der Waals surface area contributed by atoms with Gasteiger partial charge in [-0.05, 0) is 52.8 Å². The standard InChI is InChI=1S/C28H38N6O8S/c1-15-12-34(16(2)14-35)25(36)11-21-10-22(32-43(38,39)27-18(4)31-42-20(27)6)8-9-23(21)40-24(15)13-33(7)28(37)29-26-17(3)30-41-19(26)5/h8-10,15-16,24,32,35H,11-14H2,1-7H3,(H,29,37)/t15-,16+,24+/m0/s1. The predicted molar refractivity (Wildman–Crippen MR) is 156 cm³/mol. The molecule has 43 heavy (non-hydrogen) atoms. The van der Waals surface area contributed by atoms with Gasteiger partial charge in [0.05, 0.1) is 25.6 Å². The zero-order valence-electron chi connectivity index (χ0n) is 25.3. The average Bonchev–Trinajstić information content (AvgIpc) is 3.47. The van der Waals surface area contributed by atoms with Gasteiger partial charge in [-0.15, -0.1) is 0 Å². The van der Waals surface area contributed by atoms with Gasteiger partial charge < -0.3 is 34.0 Å². The van der Waals surface area contributed by atoms with Gasteiger partial charge >= 0.3 is 6.03 Å². The van der Waals surface area contributed by atoms with Crippen LogP contribution in [-0.4, -0.2) is 84.5 Å². The molecule has 0 saturated carbocycles. The minimum Gasteiger partial charge on any atom is -0.488 e. The zero-order valence-corrected chi connectivity index (χ0v) is 26.1. The number of amides is 3. The van der Waals surface area contributed by atoms with Crippen molar-refractivity contribution in [2.24, 2.45) is 5.92 Å². The molecule has 0 unspecified atom stereocenters. The van der Waals surface area contributed by atoms with Crippen molar-refractivity contribution < 1.29 is 36.9 Å². The quantitative estimate of drug-likeness (QED) is 0.340. The van der Waals surface area contributed by atoms with Crippen molar-refractivity contribution >= 4 is 33.3 Å². The number of likely N-dealkylation sites (N-methyl/N-ethyl adjacent to an activating group) is 1. The summed E-state index contributed by atoms with van der Waals surface area (Å²) in [5, 5.41) is 20.3. The van der Waals surface area contributed by atoms with E-state index < -0.39 is 28.2 Å². The second-order valence-corrected chi connectivity index (χ2v) is 12.6. The predicted octanol–water partition coefficient (Wildman–Crippen LogP) is 3.01. The van der Waals surface area contributed by atoms with Crippen LogP contribution in [0.2, 0.25) is 0 Å². The first-order chi connectivity index (χ1) is 20.2. The molecule has 1 aromatic carbocycles. The van der Waals surface area contributed by atoms with Crippen molar-refractivity contribution in [3.63, 3.8) is 0 Å². The fourth-order valence-electron chi connectivity index (χ4n) is 4.99. The van der Waals surface area contributed by atoms with Crippen LogP contribution in [0.1, 0.15) is 42.3 Å². The summed E-state index contributed by atoms with van der Waals surface area (Å²) in [7, 11) is -2.41. The molecule has 1 aliphatic heterocycles. The Labute approximate surface area is 250 Å². The third kappa shape index (κ3) is 6.94. The highest BCUT2D eigenvalue weighted by Gasteiger charge is 2.32. The summed E-state index contributed by atoms with van der Waals surface area (Å²) in [6.45, 7) is 10.3. The van der Waals surface area contributed by atoms with Crippen molar-refractivity contribution in [1.82, 2.24) is 20.1 Å². The smallest absolute Gasteiger partial charge is 0.321 e. The molecule has 0 saturated heterocycles. The Hall–Kier alpha value is -4.11. The number of carbonyl (C=O) groups excluding carboxylic acids is 2. The normalized spacial score (nSPS) is 18.1. The third-order valence-electron chi connectivity index (χ3n) is 7.47. The molecule has 0 bridgehead atoms. The number of aromatic nitrogens is 2. The minimum atomic E-state index is -4.03. The molecule has 234 valence electrons. The second kappa shape index (κ2) is 12.6. The molecular formula is C28H38N6O8S. The van der Waals surface area contributed by atoms with Crippen LogP contribution in [0, 0.1) is 33.6 Å². The molecule has 0 aliphatic carbocycles. The zero-order chi connectivity index (χ0) is 31.6. The highest BCUT2D eigenvalue weighted by atomic mass is 32.2. The highest BCUT2D eigenvalue weighted by Crippen LogP contribution is 2.31. The van der Waals surface area contributed by atoms with Crippen LogP contribution in [0.25, 0.3) is 0 Å². The first kappa shape index (κ1) is 31.8. The van der Waals surface area contributed by atoms with Gasteiger partial charge in [0.25, 0.3) is 10.0 Å². The molecule has 2 aromatic heterocycles. The number of anilines is 2. The Balaban J connectivity index is 1.64. The fourth-order valence-corrected chi connectivity index (χ4v) is 6.37. The van der Waals surface area contributed by atoms with Gasteiger partial charge in [-0.2, -0.15) is 0 Å². The summed E-state index contributed by atoms with van der Waals surface area (Å²) in [4.78, 5) is 29.6. The Morgan fingerprint density at radius 1 is 1.16 bits per heavy atom. The number of ether oxygens (including phenoxy) is 1. The van der Waals surface area contributed by atoms with Gasteiger partial charge in [0, 0.05) is 30.8 Å². The van der Waals surface area contributed by atoms with Gasteiger partial charge in [0.2, 0.25) is 5.91 Å². The average molecular weight is 619 g/mol. The van der Waals surface area contributed by atoms with Crippen molar-refractivity contribution in [3.8, 4) is 5.75 Å². The monoisotopic (exact) mass is 618 g/mol. The number of urea groups is 1. The minimum absolute atomic E-state index is 0.0573. The van der Waals surface area contributed by atoms with Crippen LogP contribution < -0.4 is 14.8 Å². The first-order valence-electron chi connectivity index (χ1n) is 13.8. The van der Waals surface area contributed by atoms with Crippen LogP contribution in [0.15, 0.2) is 32.1 Å². The molecule has 1 aliphatic rings. The number of nitrogens with zero attached hydrogens (tertiary/aromatic N) is 4. The van der Waals surface area contributed by atoms with Crippen LogP contribution >= 0.6 is 0 Å². The van der Waals surface area contributed by atoms with Gasteiger partial charge in [-0.3, -0.25) is 9.52 Å². The van der Waals surface area contributed by atoms with E-state index in [1.807, 2.05) is 6.92 Å². The Morgan fingerprint density at radius 2 is 1.84 bits per heavy atom. The van der Waals surface area contributed by atoms with E-state index in [1.165, 1.54) is 18.7 Å². The lowest BCUT2D eigenvalue weighted by atomic mass is 10.0. The lowest BCUT2D eigenvalue weighted by molar-refractivity contribution is -0.134. The number of aliphatic hydroxyl groups excluding tert-OH is 1. The van der Waals surface area contributed by atoms with E-state index >= 15 is 0 Å². The number of hydrogen-bond acceptors (Lipinski definition) is 10. The maximum Gasteiger partial charge on any atom is 0.321 e. The molecule has 3 atom stereocenters. The Kier molecular flexibility index (Phi) is 9.35. The fraction of sp³-hybridized carbons (Fsp3) is 0.500. The SMILES string of the molecule is Cc1noc(C)c1NC(=O)N(C)C[C@H]1Oc2ccc(NS(=O)(=O)c3c(C)noc3C)cc2CC(=O)N([C@H](C)CO)C[C@@H]1C. The number of nitrogens with one attached hydrogen (secondary N) is 2. The summed E-state index contributed by atoms with van der Waals surface area (Å²) in [6, 6.07) is 3.82. The Bertz CT molecular complexity index is 1560. The van der Waals surface area contributed by atoms with Crippen LogP contribution in [0.3, 0.4) is 0 Å². The van der Waals surface area contributed by atoms with Gasteiger partial charge in [0.15, 0.2) is 16.4 Å². The molecule has 3 aromatic rings. The maximum atomic E-state index is 13.5. The molecule has 0 fully saturated rings. The van der Waals surface area contributed by atoms with Crippen LogP contribution in [-0.2, 0) is 21.2 Å². The van der Waals surface area contributed by atoms with E-state index in [9.17, 15) is 23.1 Å². The summed E-state index contributed by atoms with van der Waals surface area (Å²) in [5.41, 5.74) is 1.93. The second-order valence-electron chi connectivity index (χ2n) is 11.0. The number of aryl methyl sites for hydroxylation is 4. The van der Waals surface area contributed by atoms with Gasteiger partial charge in [0.1, 0.15) is 28.9 Å². The molecule has 3 heterocycles. The topological polar surface area (TPSA) is 180 Å². The van der Waals surface area contributed by atoms with E-state index in [-0.39, 0.29) is 60.0 Å². The summed E-state index contributed by atoms with van der Waals surface area (Å²) in [6.07, 6.45) is -0.661. The third-order valence-corrected chi connectivity index (χ3v) is 9.10. The number of sulfonamides is 1. The van der Waals surface area contributed by atoms with Crippen LogP contribution in [0.4, 0.5) is 16.2 Å². The van der Waals surface area contributed by atoms with Crippen molar-refractivity contribution in [1.29, 1.82) is 0 Å². The molecule has 3 amide bonds. The van der Waals surface area contributed by atoms with Crippen molar-refractivity contribution in [3.05, 3.63) is 46.7 Å². The number of benzene rings is 1. The maximum absolute atomic E-state index is 13.5. The summed E-state index contributed by atoms with van der Waals surface area (Å²) >= 11 is 0. The van der Waals surface area contributed by atoms with E-state index in [4.69, 9.17) is 13.8 Å². The Morgan fingerprint density at radius 3 is 2.44 bits per heavy atom. The first-order valence-corrected chi connectivity index (χ1v) is 15.3. The van der Waals surface area contributed by atoms with E-state index in [0.717, 1.165) is 0 Å². The molecule has 3 N–H and O–H groups in total. The number of fused-ring (bicyclic) bond motifs is 1. The van der Waals surface area contributed by atoms with E-state index in [0.29, 0.717) is 28.5 Å². The number of rotatable bonds is 8. The lowest BCUT2D eigenvalue weighted by Crippen LogP contribution is -2.48. The number of carbonyl (C=O) groups is 2. The van der Waals surface area contributed by atoms with Gasteiger partial charge in [-0.1, -0.05) is 17.2 Å². The van der Waals surface area contributed by atoms with Crippen LogP contribution in [0.5, 0.6) is 5.75 Å².